The zero-order chi connectivity index (χ0) is 31.5. The summed E-state index contributed by atoms with van der Waals surface area (Å²) in [7, 11) is 0. The Morgan fingerprint density at radius 1 is 0.889 bits per heavy atom. The highest BCUT2D eigenvalue weighted by Gasteiger charge is 2.70. The summed E-state index contributed by atoms with van der Waals surface area (Å²) in [6, 6.07) is 26.2. The van der Waals surface area contributed by atoms with Crippen molar-refractivity contribution in [1.29, 1.82) is 0 Å². The third-order valence-corrected chi connectivity index (χ3v) is 9.34. The maximum absolute atomic E-state index is 15.0. The summed E-state index contributed by atoms with van der Waals surface area (Å²) in [5.41, 5.74) is 3.07. The van der Waals surface area contributed by atoms with Crippen molar-refractivity contribution < 1.29 is 19.3 Å². The topological polar surface area (TPSA) is 110 Å². The van der Waals surface area contributed by atoms with Crippen molar-refractivity contribution in [2.24, 2.45) is 11.8 Å². The maximum atomic E-state index is 15.0. The second kappa shape index (κ2) is 10.7. The number of amides is 1. The normalized spacial score (nSPS) is 22.6. The monoisotopic (exact) mass is 597 g/mol. The van der Waals surface area contributed by atoms with E-state index in [9.17, 15) is 24.5 Å². The number of benzene rings is 4. The number of hydrogen-bond donors (Lipinski definition) is 1. The van der Waals surface area contributed by atoms with E-state index in [1.54, 1.807) is 12.1 Å². The number of nitrogens with one attached hydrogen (secondary N) is 1. The predicted molar refractivity (Wildman–Crippen MR) is 173 cm³/mol. The zero-order valence-electron chi connectivity index (χ0n) is 24.8. The molecule has 1 fully saturated rings. The first-order chi connectivity index (χ1) is 21.7. The highest BCUT2D eigenvalue weighted by molar-refractivity contribution is 6.18. The van der Waals surface area contributed by atoms with E-state index in [1.807, 2.05) is 77.7 Å². The molecule has 1 amide bonds. The highest BCUT2D eigenvalue weighted by atomic mass is 16.6. The summed E-state index contributed by atoms with van der Waals surface area (Å²) >= 11 is 0. The van der Waals surface area contributed by atoms with Gasteiger partial charge in [-0.3, -0.25) is 24.5 Å². The van der Waals surface area contributed by atoms with Crippen molar-refractivity contribution in [1.82, 2.24) is 0 Å². The van der Waals surface area contributed by atoms with Gasteiger partial charge < -0.3 is 10.2 Å². The minimum absolute atomic E-state index is 0.142. The van der Waals surface area contributed by atoms with Crippen LogP contribution in [-0.4, -0.2) is 34.5 Å². The highest BCUT2D eigenvalue weighted by Crippen LogP contribution is 2.58. The van der Waals surface area contributed by atoms with Gasteiger partial charge in [0.25, 0.3) is 5.69 Å². The van der Waals surface area contributed by atoms with Gasteiger partial charge in [0.1, 0.15) is 11.5 Å². The number of nitrogens with zero attached hydrogens (tertiary/aromatic N) is 2. The van der Waals surface area contributed by atoms with Gasteiger partial charge in [-0.05, 0) is 53.3 Å². The SMILES string of the molecule is CC(C)Cc1ccc(C(=O)[C@@H]2[C@H](C(=O)c3ccc([N+](=O)[O-])cc3)N3c4ccccc4C=C[C@@H]3[C@@]23C(=O)Nc2ccccc23)cc1. The first kappa shape index (κ1) is 28.4. The van der Waals surface area contributed by atoms with Gasteiger partial charge in [0.15, 0.2) is 11.6 Å². The summed E-state index contributed by atoms with van der Waals surface area (Å²) in [5.74, 6) is -1.70. The minimum atomic E-state index is -1.42. The third kappa shape index (κ3) is 4.31. The molecule has 7 rings (SSSR count). The van der Waals surface area contributed by atoms with Crippen LogP contribution in [0.5, 0.6) is 0 Å². The van der Waals surface area contributed by atoms with Crippen LogP contribution in [-0.2, 0) is 16.6 Å². The van der Waals surface area contributed by atoms with Gasteiger partial charge in [-0.25, -0.2) is 0 Å². The molecule has 1 N–H and O–H groups in total. The van der Waals surface area contributed by atoms with E-state index in [0.717, 1.165) is 23.2 Å². The first-order valence-corrected chi connectivity index (χ1v) is 15.1. The molecule has 8 nitrogen and oxygen atoms in total. The van der Waals surface area contributed by atoms with Gasteiger partial charge in [-0.1, -0.05) is 86.7 Å². The van der Waals surface area contributed by atoms with Crippen molar-refractivity contribution >= 4 is 40.6 Å². The number of non-ortho nitro benzene ring substituents is 1. The molecule has 0 aliphatic carbocycles. The molecule has 224 valence electrons. The Morgan fingerprint density at radius 2 is 1.53 bits per heavy atom. The van der Waals surface area contributed by atoms with Crippen LogP contribution < -0.4 is 10.2 Å². The summed E-state index contributed by atoms with van der Waals surface area (Å²) < 4.78 is 0. The lowest BCUT2D eigenvalue weighted by atomic mass is 9.64. The maximum Gasteiger partial charge on any atom is 0.269 e. The largest absolute Gasteiger partial charge is 0.352 e. The number of hydrogen-bond acceptors (Lipinski definition) is 6. The lowest BCUT2D eigenvalue weighted by molar-refractivity contribution is -0.384. The van der Waals surface area contributed by atoms with Crippen LogP contribution in [0.15, 0.2) is 103 Å². The van der Waals surface area contributed by atoms with Gasteiger partial charge in [0.2, 0.25) is 5.91 Å². The number of para-hydroxylation sites is 2. The molecule has 0 unspecified atom stereocenters. The van der Waals surface area contributed by atoms with E-state index in [1.165, 1.54) is 24.3 Å². The van der Waals surface area contributed by atoms with Gasteiger partial charge in [0.05, 0.1) is 16.9 Å². The fourth-order valence-corrected chi connectivity index (χ4v) is 7.49. The number of ketones is 2. The number of rotatable bonds is 7. The number of carbonyl (C=O) groups is 3. The molecule has 0 saturated carbocycles. The van der Waals surface area contributed by atoms with Crippen LogP contribution in [0, 0.1) is 22.0 Å². The average Bonchev–Trinajstić information content (AvgIpc) is 3.52. The molecule has 45 heavy (non-hydrogen) atoms. The third-order valence-electron chi connectivity index (χ3n) is 9.34. The quantitative estimate of drug-likeness (QED) is 0.145. The number of fused-ring (bicyclic) bond motifs is 6. The van der Waals surface area contributed by atoms with Gasteiger partial charge >= 0.3 is 0 Å². The fraction of sp³-hybridized carbons (Fsp3) is 0.216. The van der Waals surface area contributed by atoms with Crippen molar-refractivity contribution in [2.75, 3.05) is 10.2 Å². The van der Waals surface area contributed by atoms with Crippen LogP contribution in [0.1, 0.15) is 51.3 Å². The van der Waals surface area contributed by atoms with Crippen molar-refractivity contribution in [3.63, 3.8) is 0 Å². The molecule has 4 aromatic carbocycles. The van der Waals surface area contributed by atoms with Crippen LogP contribution in [0.3, 0.4) is 0 Å². The molecule has 4 aromatic rings. The van der Waals surface area contributed by atoms with Crippen LogP contribution in [0.25, 0.3) is 6.08 Å². The van der Waals surface area contributed by atoms with E-state index in [0.29, 0.717) is 22.7 Å². The molecule has 0 aromatic heterocycles. The van der Waals surface area contributed by atoms with Crippen LogP contribution in [0.2, 0.25) is 0 Å². The number of anilines is 2. The molecule has 0 radical (unpaired) electrons. The molecular formula is C37H31N3O5. The predicted octanol–water partition coefficient (Wildman–Crippen LogP) is 6.65. The van der Waals surface area contributed by atoms with Crippen LogP contribution in [0.4, 0.5) is 17.1 Å². The van der Waals surface area contributed by atoms with E-state index in [2.05, 4.69) is 19.2 Å². The average molecular weight is 598 g/mol. The van der Waals surface area contributed by atoms with E-state index >= 15 is 0 Å². The second-order valence-electron chi connectivity index (χ2n) is 12.4. The lowest BCUT2D eigenvalue weighted by Crippen LogP contribution is -2.51. The molecule has 0 bridgehead atoms. The van der Waals surface area contributed by atoms with Crippen molar-refractivity contribution in [3.05, 3.63) is 141 Å². The Kier molecular flexibility index (Phi) is 6.73. The lowest BCUT2D eigenvalue weighted by Gasteiger charge is -2.37. The summed E-state index contributed by atoms with van der Waals surface area (Å²) in [6.45, 7) is 4.26. The van der Waals surface area contributed by atoms with E-state index < -0.39 is 28.3 Å². The van der Waals surface area contributed by atoms with Crippen LogP contribution >= 0.6 is 0 Å². The standard InChI is InChI=1S/C37H31N3O5/c1-22(2)21-23-11-13-25(14-12-23)34(41)32-33(35(42)26-15-18-27(19-16-26)40(44)45)39-30-10-6-3-7-24(30)17-20-31(39)37(32)28-8-4-5-9-29(28)38-36(37)43/h3-20,22,31-33H,21H2,1-2H3,(H,38,43)/t31-,32+,33-,37-/m1/s1. The summed E-state index contributed by atoms with van der Waals surface area (Å²) in [6.07, 6.45) is 4.74. The number of carbonyl (C=O) groups excluding carboxylic acids is 3. The Bertz CT molecular complexity index is 1900. The Hall–Kier alpha value is -5.37. The Balaban J connectivity index is 1.47. The van der Waals surface area contributed by atoms with Gasteiger partial charge in [-0.2, -0.15) is 0 Å². The minimum Gasteiger partial charge on any atom is -0.352 e. The number of nitro benzene ring substituents is 1. The smallest absolute Gasteiger partial charge is 0.269 e. The van der Waals surface area contributed by atoms with Gasteiger partial charge in [-0.15, -0.1) is 0 Å². The molecule has 8 heteroatoms. The molecule has 3 aliphatic rings. The molecular weight excluding hydrogens is 566 g/mol. The number of nitro groups is 1. The fourth-order valence-electron chi connectivity index (χ4n) is 7.49. The molecule has 3 aliphatic heterocycles. The Labute approximate surface area is 260 Å². The second-order valence-corrected chi connectivity index (χ2v) is 12.4. The zero-order valence-corrected chi connectivity index (χ0v) is 24.8. The Morgan fingerprint density at radius 3 is 2.24 bits per heavy atom. The van der Waals surface area contributed by atoms with E-state index in [4.69, 9.17) is 0 Å². The molecule has 1 saturated heterocycles. The van der Waals surface area contributed by atoms with E-state index in [-0.39, 0.29) is 28.7 Å². The first-order valence-electron chi connectivity index (χ1n) is 15.1. The molecule has 4 atom stereocenters. The molecule has 1 spiro atoms. The van der Waals surface area contributed by atoms with Crippen molar-refractivity contribution in [2.45, 2.75) is 37.8 Å². The summed E-state index contributed by atoms with van der Waals surface area (Å²) in [4.78, 5) is 57.0. The van der Waals surface area contributed by atoms with Crippen molar-refractivity contribution in [3.8, 4) is 0 Å². The molecule has 3 heterocycles. The summed E-state index contributed by atoms with van der Waals surface area (Å²) in [5, 5.41) is 14.4. The number of Topliss-reactive ketones (excluding diaryl/α,β-unsaturated/α-hetero) is 2. The van der Waals surface area contributed by atoms with Gasteiger partial charge in [0, 0.05) is 34.6 Å².